The maximum absolute atomic E-state index is 3.86. The SMILES string of the molecule is C1=Cc2cnncc2C=CC2=C1C2. The van der Waals surface area contributed by atoms with E-state index in [1.807, 2.05) is 0 Å². The third kappa shape index (κ3) is 1.11. The minimum atomic E-state index is 1.14. The summed E-state index contributed by atoms with van der Waals surface area (Å²) >= 11 is 0. The van der Waals surface area contributed by atoms with Crippen LogP contribution in [0.1, 0.15) is 17.5 Å². The smallest absolute Gasteiger partial charge is 0.0574 e. The second-order valence-electron chi connectivity index (χ2n) is 3.29. The summed E-state index contributed by atoms with van der Waals surface area (Å²) < 4.78 is 0. The summed E-state index contributed by atoms with van der Waals surface area (Å²) in [6.45, 7) is 0. The van der Waals surface area contributed by atoms with Crippen molar-refractivity contribution in [3.05, 3.63) is 46.8 Å². The molecule has 0 unspecified atom stereocenters. The van der Waals surface area contributed by atoms with Crippen LogP contribution in [0.2, 0.25) is 0 Å². The van der Waals surface area contributed by atoms with Crippen LogP contribution >= 0.6 is 0 Å². The van der Waals surface area contributed by atoms with E-state index in [4.69, 9.17) is 0 Å². The van der Waals surface area contributed by atoms with Gasteiger partial charge in [-0.15, -0.1) is 0 Å². The Balaban J connectivity index is 2.17. The molecule has 1 heterocycles. The van der Waals surface area contributed by atoms with Gasteiger partial charge in [-0.25, -0.2) is 0 Å². The third-order valence-electron chi connectivity index (χ3n) is 2.39. The lowest BCUT2D eigenvalue weighted by molar-refractivity contribution is 1.02. The van der Waals surface area contributed by atoms with Crippen molar-refractivity contribution in [1.82, 2.24) is 10.2 Å². The minimum Gasteiger partial charge on any atom is -0.158 e. The zero-order chi connectivity index (χ0) is 8.67. The Hall–Kier alpha value is -1.70. The van der Waals surface area contributed by atoms with E-state index in [1.54, 1.807) is 12.4 Å². The zero-order valence-corrected chi connectivity index (χ0v) is 7.07. The Bertz CT molecular complexity index is 412. The van der Waals surface area contributed by atoms with Gasteiger partial charge in [-0.2, -0.15) is 10.2 Å². The second kappa shape index (κ2) is 2.39. The first-order chi connectivity index (χ1) is 6.43. The third-order valence-corrected chi connectivity index (χ3v) is 2.39. The number of nitrogens with zero attached hydrogens (tertiary/aromatic N) is 2. The van der Waals surface area contributed by atoms with Crippen molar-refractivity contribution in [2.24, 2.45) is 0 Å². The Morgan fingerprint density at radius 1 is 0.769 bits per heavy atom. The minimum absolute atomic E-state index is 1.14. The van der Waals surface area contributed by atoms with Gasteiger partial charge in [0.25, 0.3) is 0 Å². The molecule has 0 saturated heterocycles. The molecule has 2 nitrogen and oxygen atoms in total. The molecule has 62 valence electrons. The summed E-state index contributed by atoms with van der Waals surface area (Å²) in [6, 6.07) is 0. The molecule has 3 rings (SSSR count). The second-order valence-corrected chi connectivity index (χ2v) is 3.29. The van der Waals surface area contributed by atoms with Crippen molar-refractivity contribution in [2.45, 2.75) is 6.42 Å². The molecule has 0 amide bonds. The fourth-order valence-corrected chi connectivity index (χ4v) is 1.49. The van der Waals surface area contributed by atoms with Crippen LogP contribution in [0.4, 0.5) is 0 Å². The lowest BCUT2D eigenvalue weighted by Crippen LogP contribution is -1.86. The number of rotatable bonds is 0. The van der Waals surface area contributed by atoms with Gasteiger partial charge in [-0.05, 0) is 17.6 Å². The van der Waals surface area contributed by atoms with Crippen molar-refractivity contribution < 1.29 is 0 Å². The van der Waals surface area contributed by atoms with Gasteiger partial charge in [0.2, 0.25) is 0 Å². The average molecular weight is 168 g/mol. The lowest BCUT2D eigenvalue weighted by atomic mass is 10.1. The fraction of sp³-hybridized carbons (Fsp3) is 0.0909. The Morgan fingerprint density at radius 3 is 1.85 bits per heavy atom. The highest BCUT2D eigenvalue weighted by Gasteiger charge is 2.16. The maximum atomic E-state index is 3.86. The normalized spacial score (nSPS) is 17.5. The van der Waals surface area contributed by atoms with Gasteiger partial charge >= 0.3 is 0 Å². The van der Waals surface area contributed by atoms with Crippen LogP contribution in [-0.2, 0) is 0 Å². The van der Waals surface area contributed by atoms with Crippen LogP contribution in [0.25, 0.3) is 12.2 Å². The largest absolute Gasteiger partial charge is 0.158 e. The topological polar surface area (TPSA) is 25.8 Å². The van der Waals surface area contributed by atoms with Crippen molar-refractivity contribution >= 4 is 12.2 Å². The highest BCUT2D eigenvalue weighted by atomic mass is 15.1. The molecule has 2 aliphatic carbocycles. The summed E-state index contributed by atoms with van der Waals surface area (Å²) in [4.78, 5) is 0. The van der Waals surface area contributed by atoms with Gasteiger partial charge in [0.05, 0.1) is 12.4 Å². The molecule has 2 heteroatoms. The van der Waals surface area contributed by atoms with Crippen LogP contribution in [-0.4, -0.2) is 10.2 Å². The molecule has 0 atom stereocenters. The van der Waals surface area contributed by atoms with Crippen molar-refractivity contribution in [3.63, 3.8) is 0 Å². The number of allylic oxidation sites excluding steroid dienone is 4. The number of hydrogen-bond donors (Lipinski definition) is 0. The first-order valence-electron chi connectivity index (χ1n) is 4.32. The number of hydrogen-bond acceptors (Lipinski definition) is 2. The molecular formula is C11H8N2. The molecule has 1 aromatic heterocycles. The fourth-order valence-electron chi connectivity index (χ4n) is 1.49. The number of fused-ring (bicyclic) bond motifs is 1. The molecule has 0 aliphatic heterocycles. The van der Waals surface area contributed by atoms with E-state index in [2.05, 4.69) is 34.5 Å². The van der Waals surface area contributed by atoms with Gasteiger partial charge in [-0.1, -0.05) is 24.3 Å². The van der Waals surface area contributed by atoms with E-state index >= 15 is 0 Å². The van der Waals surface area contributed by atoms with Crippen LogP contribution in [0, 0.1) is 0 Å². The molecule has 2 aliphatic rings. The van der Waals surface area contributed by atoms with E-state index in [1.165, 1.54) is 11.1 Å². The zero-order valence-electron chi connectivity index (χ0n) is 7.07. The molecular weight excluding hydrogens is 160 g/mol. The Kier molecular flexibility index (Phi) is 1.25. The van der Waals surface area contributed by atoms with Crippen molar-refractivity contribution in [3.8, 4) is 0 Å². The highest BCUT2D eigenvalue weighted by Crippen LogP contribution is 2.35. The quantitative estimate of drug-likeness (QED) is 0.593. The first-order valence-corrected chi connectivity index (χ1v) is 4.32. The molecule has 0 bridgehead atoms. The first kappa shape index (κ1) is 6.78. The van der Waals surface area contributed by atoms with E-state index in [0.717, 1.165) is 17.5 Å². The van der Waals surface area contributed by atoms with Crippen molar-refractivity contribution in [1.29, 1.82) is 0 Å². The predicted octanol–water partition coefficient (Wildman–Crippen LogP) is 2.22. The summed E-state index contributed by atoms with van der Waals surface area (Å²) in [7, 11) is 0. The van der Waals surface area contributed by atoms with Gasteiger partial charge in [0, 0.05) is 11.1 Å². The van der Waals surface area contributed by atoms with Gasteiger partial charge < -0.3 is 0 Å². The highest BCUT2D eigenvalue weighted by molar-refractivity contribution is 5.72. The predicted molar refractivity (Wildman–Crippen MR) is 51.7 cm³/mol. The van der Waals surface area contributed by atoms with Crippen LogP contribution in [0.5, 0.6) is 0 Å². The monoisotopic (exact) mass is 168 g/mol. The molecule has 0 saturated carbocycles. The average Bonchev–Trinajstić information content (AvgIpc) is 2.87. The van der Waals surface area contributed by atoms with E-state index in [-0.39, 0.29) is 0 Å². The van der Waals surface area contributed by atoms with E-state index in [9.17, 15) is 0 Å². The Morgan fingerprint density at radius 2 is 1.31 bits per heavy atom. The molecule has 0 spiro atoms. The molecule has 0 radical (unpaired) electrons. The van der Waals surface area contributed by atoms with Crippen LogP contribution < -0.4 is 0 Å². The molecule has 0 fully saturated rings. The van der Waals surface area contributed by atoms with Gasteiger partial charge in [0.1, 0.15) is 0 Å². The van der Waals surface area contributed by atoms with Crippen molar-refractivity contribution in [2.75, 3.05) is 0 Å². The maximum Gasteiger partial charge on any atom is 0.0574 e. The molecule has 1 aromatic rings. The Labute approximate surface area is 76.3 Å². The molecule has 0 N–H and O–H groups in total. The summed E-state index contributed by atoms with van der Waals surface area (Å²) in [6.07, 6.45) is 13.3. The molecule has 13 heavy (non-hydrogen) atoms. The molecule has 0 aromatic carbocycles. The van der Waals surface area contributed by atoms with E-state index < -0.39 is 0 Å². The number of aromatic nitrogens is 2. The standard InChI is InChI=1S/C11H8N2/c1-3-10-6-12-13-7-11(10)4-2-9-5-8(1)9/h1-4,6-7H,5H2. The summed E-state index contributed by atoms with van der Waals surface area (Å²) in [5, 5.41) is 7.72. The van der Waals surface area contributed by atoms with Crippen LogP contribution in [0.3, 0.4) is 0 Å². The summed E-state index contributed by atoms with van der Waals surface area (Å²) in [5.74, 6) is 0. The van der Waals surface area contributed by atoms with E-state index in [0.29, 0.717) is 0 Å². The van der Waals surface area contributed by atoms with Crippen LogP contribution in [0.15, 0.2) is 35.7 Å². The van der Waals surface area contributed by atoms with Gasteiger partial charge in [-0.3, -0.25) is 0 Å². The lowest BCUT2D eigenvalue weighted by Gasteiger charge is -1.98. The van der Waals surface area contributed by atoms with Gasteiger partial charge in [0.15, 0.2) is 0 Å². The summed E-state index contributed by atoms with van der Waals surface area (Å²) in [5.41, 5.74) is 5.17.